The molecule has 0 fully saturated rings. The van der Waals surface area contributed by atoms with E-state index in [1.54, 1.807) is 4.80 Å². The predicted molar refractivity (Wildman–Crippen MR) is 73.4 cm³/mol. The molecule has 0 saturated heterocycles. The van der Waals surface area contributed by atoms with Gasteiger partial charge < -0.3 is 5.32 Å². The fourth-order valence-electron chi connectivity index (χ4n) is 1.76. The highest BCUT2D eigenvalue weighted by Gasteiger charge is 2.05. The quantitative estimate of drug-likeness (QED) is 0.768. The van der Waals surface area contributed by atoms with Crippen molar-refractivity contribution in [2.24, 2.45) is 0 Å². The summed E-state index contributed by atoms with van der Waals surface area (Å²) in [5.74, 6) is 0. The fraction of sp³-hybridized carbons (Fsp3) is 0.0769. The van der Waals surface area contributed by atoms with Gasteiger partial charge in [0, 0.05) is 17.8 Å². The maximum atomic E-state index is 5.86. The summed E-state index contributed by atoms with van der Waals surface area (Å²) in [6.07, 6.45) is 0. The van der Waals surface area contributed by atoms with Crippen LogP contribution >= 0.6 is 11.6 Å². The average molecular weight is 259 g/mol. The van der Waals surface area contributed by atoms with Crippen LogP contribution in [0.25, 0.3) is 16.7 Å². The molecule has 4 nitrogen and oxygen atoms in total. The molecule has 0 bridgehead atoms. The number of hydrogen-bond acceptors (Lipinski definition) is 3. The fourth-order valence-corrected chi connectivity index (χ4v) is 1.89. The zero-order valence-electron chi connectivity index (χ0n) is 9.76. The van der Waals surface area contributed by atoms with Gasteiger partial charge in [0.15, 0.2) is 0 Å². The van der Waals surface area contributed by atoms with Crippen molar-refractivity contribution in [1.29, 1.82) is 0 Å². The lowest BCUT2D eigenvalue weighted by atomic mass is 10.3. The zero-order valence-corrected chi connectivity index (χ0v) is 10.5. The lowest BCUT2D eigenvalue weighted by Gasteiger charge is -1.97. The molecule has 1 N–H and O–H groups in total. The van der Waals surface area contributed by atoms with Gasteiger partial charge in [-0.1, -0.05) is 11.6 Å². The minimum atomic E-state index is 0.702. The summed E-state index contributed by atoms with van der Waals surface area (Å²) < 4.78 is 0. The Labute approximate surface area is 109 Å². The molecule has 3 aromatic rings. The normalized spacial score (nSPS) is 10.8. The number of hydrogen-bond donors (Lipinski definition) is 1. The van der Waals surface area contributed by atoms with Crippen molar-refractivity contribution in [1.82, 2.24) is 15.0 Å². The maximum absolute atomic E-state index is 5.86. The van der Waals surface area contributed by atoms with Crippen molar-refractivity contribution in [2.45, 2.75) is 0 Å². The minimum absolute atomic E-state index is 0.702. The van der Waals surface area contributed by atoms with Crippen molar-refractivity contribution in [3.8, 4) is 5.69 Å². The van der Waals surface area contributed by atoms with Crippen molar-refractivity contribution >= 4 is 28.3 Å². The lowest BCUT2D eigenvalue weighted by Crippen LogP contribution is -1.97. The van der Waals surface area contributed by atoms with E-state index in [-0.39, 0.29) is 0 Å². The van der Waals surface area contributed by atoms with Gasteiger partial charge in [-0.3, -0.25) is 0 Å². The Kier molecular flexibility index (Phi) is 2.64. The molecule has 0 aliphatic heterocycles. The Hall–Kier alpha value is -2.07. The standard InChI is InChI=1S/C13H11ClN4/c1-15-10-4-7-12-13(8-10)17-18(16-12)11-5-2-9(14)3-6-11/h2-8,15H,1H3. The molecule has 0 unspecified atom stereocenters. The Morgan fingerprint density at radius 3 is 2.44 bits per heavy atom. The molecular weight excluding hydrogens is 248 g/mol. The van der Waals surface area contributed by atoms with Crippen LogP contribution in [0.5, 0.6) is 0 Å². The van der Waals surface area contributed by atoms with Crippen molar-refractivity contribution in [3.05, 3.63) is 47.5 Å². The topological polar surface area (TPSA) is 42.7 Å². The van der Waals surface area contributed by atoms with Crippen LogP contribution in [0.3, 0.4) is 0 Å². The van der Waals surface area contributed by atoms with E-state index < -0.39 is 0 Å². The van der Waals surface area contributed by atoms with Crippen molar-refractivity contribution < 1.29 is 0 Å². The van der Waals surface area contributed by atoms with E-state index in [9.17, 15) is 0 Å². The predicted octanol–water partition coefficient (Wildman–Crippen LogP) is 3.12. The second-order valence-electron chi connectivity index (χ2n) is 3.92. The van der Waals surface area contributed by atoms with E-state index >= 15 is 0 Å². The number of rotatable bonds is 2. The monoisotopic (exact) mass is 258 g/mol. The Morgan fingerprint density at radius 2 is 1.72 bits per heavy atom. The molecule has 1 heterocycles. The third kappa shape index (κ3) is 1.91. The highest BCUT2D eigenvalue weighted by atomic mass is 35.5. The first-order chi connectivity index (χ1) is 8.76. The second kappa shape index (κ2) is 4.31. The summed E-state index contributed by atoms with van der Waals surface area (Å²) in [6.45, 7) is 0. The van der Waals surface area contributed by atoms with Crippen molar-refractivity contribution in [3.63, 3.8) is 0 Å². The molecular formula is C13H11ClN4. The van der Waals surface area contributed by atoms with Gasteiger partial charge in [0.25, 0.3) is 0 Å². The smallest absolute Gasteiger partial charge is 0.115 e. The number of aromatic nitrogens is 3. The summed E-state index contributed by atoms with van der Waals surface area (Å²) in [5, 5.41) is 12.6. The van der Waals surface area contributed by atoms with E-state index in [4.69, 9.17) is 11.6 Å². The van der Waals surface area contributed by atoms with Crippen LogP contribution in [0.15, 0.2) is 42.5 Å². The van der Waals surface area contributed by atoms with Gasteiger partial charge in [-0.25, -0.2) is 0 Å². The number of nitrogens with zero attached hydrogens (tertiary/aromatic N) is 3. The lowest BCUT2D eigenvalue weighted by molar-refractivity contribution is 0.766. The first-order valence-electron chi connectivity index (χ1n) is 5.57. The van der Waals surface area contributed by atoms with Crippen LogP contribution in [0.1, 0.15) is 0 Å². The molecule has 0 radical (unpaired) electrons. The molecule has 0 aliphatic rings. The molecule has 0 amide bonds. The largest absolute Gasteiger partial charge is 0.388 e. The maximum Gasteiger partial charge on any atom is 0.115 e. The molecule has 0 atom stereocenters. The molecule has 0 spiro atoms. The number of fused-ring (bicyclic) bond motifs is 1. The van der Waals surface area contributed by atoms with Crippen LogP contribution < -0.4 is 5.32 Å². The highest BCUT2D eigenvalue weighted by Crippen LogP contribution is 2.18. The molecule has 5 heteroatoms. The summed E-state index contributed by atoms with van der Waals surface area (Å²) in [4.78, 5) is 1.61. The molecule has 1 aromatic heterocycles. The first kappa shape index (κ1) is 11.0. The van der Waals surface area contributed by atoms with Gasteiger partial charge >= 0.3 is 0 Å². The summed E-state index contributed by atoms with van der Waals surface area (Å²) in [6, 6.07) is 13.3. The zero-order chi connectivity index (χ0) is 12.5. The molecule has 0 saturated carbocycles. The molecule has 18 heavy (non-hydrogen) atoms. The average Bonchev–Trinajstić information content (AvgIpc) is 2.82. The van der Waals surface area contributed by atoms with Crippen LogP contribution in [-0.4, -0.2) is 22.0 Å². The Bertz CT molecular complexity index is 688. The molecule has 0 aliphatic carbocycles. The summed E-state index contributed by atoms with van der Waals surface area (Å²) in [7, 11) is 1.88. The van der Waals surface area contributed by atoms with Gasteiger partial charge in [-0.05, 0) is 42.5 Å². The van der Waals surface area contributed by atoms with Gasteiger partial charge in [0.2, 0.25) is 0 Å². The van der Waals surface area contributed by atoms with Gasteiger partial charge in [0.1, 0.15) is 11.0 Å². The van der Waals surface area contributed by atoms with E-state index in [0.29, 0.717) is 5.02 Å². The third-order valence-corrected chi connectivity index (χ3v) is 2.98. The van der Waals surface area contributed by atoms with Crippen LogP contribution in [0.4, 0.5) is 5.69 Å². The SMILES string of the molecule is CNc1ccc2nn(-c3ccc(Cl)cc3)nc2c1. The summed E-state index contributed by atoms with van der Waals surface area (Å²) in [5.41, 5.74) is 3.63. The van der Waals surface area contributed by atoms with Crippen LogP contribution in [0.2, 0.25) is 5.02 Å². The number of benzene rings is 2. The van der Waals surface area contributed by atoms with E-state index in [1.807, 2.05) is 49.5 Å². The van der Waals surface area contributed by atoms with Crippen molar-refractivity contribution in [2.75, 3.05) is 12.4 Å². The van der Waals surface area contributed by atoms with Gasteiger partial charge in [-0.2, -0.15) is 4.80 Å². The Morgan fingerprint density at radius 1 is 1.00 bits per heavy atom. The van der Waals surface area contributed by atoms with Crippen LogP contribution in [0, 0.1) is 0 Å². The number of halogens is 1. The third-order valence-electron chi connectivity index (χ3n) is 2.73. The minimum Gasteiger partial charge on any atom is -0.388 e. The van der Waals surface area contributed by atoms with E-state index in [1.165, 1.54) is 0 Å². The summed E-state index contributed by atoms with van der Waals surface area (Å²) >= 11 is 5.86. The van der Waals surface area contributed by atoms with Crippen LogP contribution in [-0.2, 0) is 0 Å². The number of nitrogens with one attached hydrogen (secondary N) is 1. The number of anilines is 1. The van der Waals surface area contributed by atoms with E-state index in [0.717, 1.165) is 22.4 Å². The first-order valence-corrected chi connectivity index (χ1v) is 5.95. The highest BCUT2D eigenvalue weighted by molar-refractivity contribution is 6.30. The van der Waals surface area contributed by atoms with Gasteiger partial charge in [0.05, 0.1) is 5.69 Å². The van der Waals surface area contributed by atoms with E-state index in [2.05, 4.69) is 15.5 Å². The molecule has 2 aromatic carbocycles. The second-order valence-corrected chi connectivity index (χ2v) is 4.36. The molecule has 3 rings (SSSR count). The molecule has 90 valence electrons. The van der Waals surface area contributed by atoms with Gasteiger partial charge in [-0.15, -0.1) is 10.2 Å². The Balaban J connectivity index is 2.10.